The number of halogens is 2. The highest BCUT2D eigenvalue weighted by atomic mass is 32.1. The zero-order valence-electron chi connectivity index (χ0n) is 12.3. The summed E-state index contributed by atoms with van der Waals surface area (Å²) in [5, 5.41) is 22.2. The van der Waals surface area contributed by atoms with Gasteiger partial charge in [0.1, 0.15) is 11.6 Å². The van der Waals surface area contributed by atoms with E-state index in [0.29, 0.717) is 5.56 Å². The molecule has 0 aliphatic rings. The molecule has 0 aliphatic carbocycles. The molecule has 2 heterocycles. The van der Waals surface area contributed by atoms with Crippen LogP contribution in [-0.4, -0.2) is 27.8 Å². The van der Waals surface area contributed by atoms with E-state index in [2.05, 4.69) is 15.5 Å². The van der Waals surface area contributed by atoms with Crippen LogP contribution in [0.2, 0.25) is 0 Å². The van der Waals surface area contributed by atoms with E-state index in [4.69, 9.17) is 0 Å². The van der Waals surface area contributed by atoms with E-state index in [1.165, 1.54) is 23.6 Å². The van der Waals surface area contributed by atoms with E-state index in [1.807, 2.05) is 5.38 Å². The molecule has 1 aromatic carbocycles. The quantitative estimate of drug-likeness (QED) is 0.663. The summed E-state index contributed by atoms with van der Waals surface area (Å²) in [6.07, 6.45) is 0.328. The van der Waals surface area contributed by atoms with Gasteiger partial charge in [-0.2, -0.15) is 16.4 Å². The minimum atomic E-state index is -0.860. The number of nitrogens with zero attached hydrogens (tertiary/aromatic N) is 1. The van der Waals surface area contributed by atoms with Crippen LogP contribution in [0.4, 0.5) is 8.78 Å². The van der Waals surface area contributed by atoms with E-state index in [1.54, 1.807) is 11.4 Å². The number of hydrogen-bond donors (Lipinski definition) is 3. The van der Waals surface area contributed by atoms with Crippen LogP contribution in [0.5, 0.6) is 0 Å². The summed E-state index contributed by atoms with van der Waals surface area (Å²) >= 11 is 1.43. The van der Waals surface area contributed by atoms with Crippen LogP contribution in [0, 0.1) is 11.6 Å². The first kappa shape index (κ1) is 16.3. The topological polar surface area (TPSA) is 78.0 Å². The molecule has 2 aromatic heterocycles. The number of H-pyrrole nitrogens is 1. The van der Waals surface area contributed by atoms with Crippen molar-refractivity contribution < 1.29 is 18.7 Å². The van der Waals surface area contributed by atoms with Gasteiger partial charge in [0.25, 0.3) is 5.91 Å². The fourth-order valence-corrected chi connectivity index (χ4v) is 2.96. The van der Waals surface area contributed by atoms with Gasteiger partial charge < -0.3 is 10.4 Å². The van der Waals surface area contributed by atoms with Crippen molar-refractivity contribution in [2.24, 2.45) is 0 Å². The Morgan fingerprint density at radius 1 is 1.33 bits per heavy atom. The van der Waals surface area contributed by atoms with E-state index in [0.717, 1.165) is 12.1 Å². The lowest BCUT2D eigenvalue weighted by atomic mass is 10.1. The molecule has 0 bridgehead atoms. The van der Waals surface area contributed by atoms with E-state index < -0.39 is 23.6 Å². The predicted octanol–water partition coefficient (Wildman–Crippen LogP) is 2.88. The number of aromatic nitrogens is 2. The average molecular weight is 349 g/mol. The van der Waals surface area contributed by atoms with Crippen LogP contribution >= 0.6 is 11.3 Å². The smallest absolute Gasteiger partial charge is 0.255 e. The number of rotatable bonds is 5. The van der Waals surface area contributed by atoms with Gasteiger partial charge >= 0.3 is 0 Å². The summed E-state index contributed by atoms with van der Waals surface area (Å²) in [5.74, 6) is -2.19. The predicted molar refractivity (Wildman–Crippen MR) is 85.6 cm³/mol. The molecule has 8 heteroatoms. The highest BCUT2D eigenvalue weighted by molar-refractivity contribution is 7.07. The van der Waals surface area contributed by atoms with Gasteiger partial charge in [-0.1, -0.05) is 6.07 Å². The molecular formula is C16H13F2N3O2S. The third-order valence-corrected chi connectivity index (χ3v) is 4.18. The van der Waals surface area contributed by atoms with Crippen LogP contribution in [0.3, 0.4) is 0 Å². The molecule has 0 aliphatic heterocycles. The molecule has 0 saturated heterocycles. The molecule has 3 aromatic rings. The molecule has 1 unspecified atom stereocenters. The third-order valence-electron chi connectivity index (χ3n) is 3.48. The number of benzene rings is 1. The summed E-state index contributed by atoms with van der Waals surface area (Å²) in [6.45, 7) is -0.0278. The van der Waals surface area contributed by atoms with Gasteiger partial charge in [0.05, 0.1) is 29.1 Å². The molecule has 0 spiro atoms. The number of amides is 1. The zero-order chi connectivity index (χ0) is 17.1. The zero-order valence-corrected chi connectivity index (χ0v) is 13.1. The van der Waals surface area contributed by atoms with Gasteiger partial charge in [-0.25, -0.2) is 8.78 Å². The second-order valence-electron chi connectivity index (χ2n) is 5.04. The molecule has 5 nitrogen and oxygen atoms in total. The first-order chi connectivity index (χ1) is 11.6. The maximum absolute atomic E-state index is 13.9. The molecule has 1 atom stereocenters. The standard InChI is InChI=1S/C16H13F2N3O2S/c17-11-2-1-3-12(18)14(11)15-10(6-20-21-15)16(23)19-7-13(22)9-4-5-24-8-9/h1-6,8,13,22H,7H2,(H,19,23)(H,20,21). The minimum absolute atomic E-state index is 0.00322. The molecule has 124 valence electrons. The van der Waals surface area contributed by atoms with E-state index >= 15 is 0 Å². The summed E-state index contributed by atoms with van der Waals surface area (Å²) in [6, 6.07) is 5.18. The number of aliphatic hydroxyl groups excluding tert-OH is 1. The fraction of sp³-hybridized carbons (Fsp3) is 0.125. The van der Waals surface area contributed by atoms with Gasteiger partial charge in [-0.15, -0.1) is 0 Å². The molecule has 1 amide bonds. The number of nitrogens with one attached hydrogen (secondary N) is 2. The fourth-order valence-electron chi connectivity index (χ4n) is 2.25. The van der Waals surface area contributed by atoms with Crippen molar-refractivity contribution in [3.8, 4) is 11.3 Å². The summed E-state index contributed by atoms with van der Waals surface area (Å²) < 4.78 is 27.8. The number of aromatic amines is 1. The number of thiophene rings is 1. The summed E-state index contributed by atoms with van der Waals surface area (Å²) in [5.41, 5.74) is 0.288. The maximum Gasteiger partial charge on any atom is 0.255 e. The van der Waals surface area contributed by atoms with Crippen molar-refractivity contribution >= 4 is 17.2 Å². The van der Waals surface area contributed by atoms with Crippen molar-refractivity contribution in [3.05, 3.63) is 64.0 Å². The van der Waals surface area contributed by atoms with Crippen LogP contribution in [-0.2, 0) is 0 Å². The Kier molecular flexibility index (Phi) is 4.68. The van der Waals surface area contributed by atoms with Crippen LogP contribution < -0.4 is 5.32 Å². The number of carbonyl (C=O) groups is 1. The third kappa shape index (κ3) is 3.19. The number of hydrogen-bond acceptors (Lipinski definition) is 4. The summed E-state index contributed by atoms with van der Waals surface area (Å²) in [4.78, 5) is 12.3. The number of carbonyl (C=O) groups excluding carboxylic acids is 1. The maximum atomic E-state index is 13.9. The van der Waals surface area contributed by atoms with Gasteiger partial charge in [0, 0.05) is 6.54 Å². The van der Waals surface area contributed by atoms with Gasteiger partial charge in [0.2, 0.25) is 0 Å². The first-order valence-corrected chi connectivity index (χ1v) is 7.98. The molecule has 0 radical (unpaired) electrons. The largest absolute Gasteiger partial charge is 0.387 e. The van der Waals surface area contributed by atoms with Crippen molar-refractivity contribution in [2.75, 3.05) is 6.54 Å². The Morgan fingerprint density at radius 3 is 2.75 bits per heavy atom. The molecular weight excluding hydrogens is 336 g/mol. The lowest BCUT2D eigenvalue weighted by Crippen LogP contribution is -2.28. The Balaban J connectivity index is 1.79. The van der Waals surface area contributed by atoms with Gasteiger partial charge in [-0.3, -0.25) is 9.89 Å². The number of aliphatic hydroxyl groups is 1. The van der Waals surface area contributed by atoms with Crippen LogP contribution in [0.25, 0.3) is 11.3 Å². The molecule has 3 rings (SSSR count). The van der Waals surface area contributed by atoms with Crippen LogP contribution in [0.15, 0.2) is 41.2 Å². The van der Waals surface area contributed by atoms with E-state index in [9.17, 15) is 18.7 Å². The summed E-state index contributed by atoms with van der Waals surface area (Å²) in [7, 11) is 0. The van der Waals surface area contributed by atoms with Crippen molar-refractivity contribution in [2.45, 2.75) is 6.10 Å². The Morgan fingerprint density at radius 2 is 2.08 bits per heavy atom. The Labute approximate surface area is 140 Å². The molecule has 0 saturated carbocycles. The second kappa shape index (κ2) is 6.90. The van der Waals surface area contributed by atoms with Crippen LogP contribution in [0.1, 0.15) is 22.0 Å². The minimum Gasteiger partial charge on any atom is -0.387 e. The lowest BCUT2D eigenvalue weighted by Gasteiger charge is -2.11. The highest BCUT2D eigenvalue weighted by Crippen LogP contribution is 2.27. The molecule has 0 fully saturated rings. The second-order valence-corrected chi connectivity index (χ2v) is 5.82. The van der Waals surface area contributed by atoms with Crippen molar-refractivity contribution in [3.63, 3.8) is 0 Å². The van der Waals surface area contributed by atoms with Crippen molar-refractivity contribution in [1.29, 1.82) is 0 Å². The first-order valence-electron chi connectivity index (χ1n) is 7.04. The SMILES string of the molecule is O=C(NCC(O)c1ccsc1)c1cn[nH]c1-c1c(F)cccc1F. The van der Waals surface area contributed by atoms with E-state index in [-0.39, 0.29) is 23.4 Å². The highest BCUT2D eigenvalue weighted by Gasteiger charge is 2.21. The monoisotopic (exact) mass is 349 g/mol. The normalized spacial score (nSPS) is 12.1. The Bertz CT molecular complexity index is 829. The molecule has 3 N–H and O–H groups in total. The van der Waals surface area contributed by atoms with Crippen molar-refractivity contribution in [1.82, 2.24) is 15.5 Å². The average Bonchev–Trinajstić information content (AvgIpc) is 3.23. The lowest BCUT2D eigenvalue weighted by molar-refractivity contribution is 0.0917. The van der Waals surface area contributed by atoms with Gasteiger partial charge in [-0.05, 0) is 34.5 Å². The Hall–Kier alpha value is -2.58. The molecule has 24 heavy (non-hydrogen) atoms. The van der Waals surface area contributed by atoms with Gasteiger partial charge in [0.15, 0.2) is 0 Å².